The first-order chi connectivity index (χ1) is 14.2. The van der Waals surface area contributed by atoms with E-state index in [2.05, 4.69) is 37.6 Å². The maximum Gasteiger partial charge on any atom is 0.261 e. The van der Waals surface area contributed by atoms with Crippen molar-refractivity contribution >= 4 is 52.9 Å². The third kappa shape index (κ3) is 6.76. The largest absolute Gasteiger partial charge is 0.497 e. The molecule has 1 aliphatic rings. The van der Waals surface area contributed by atoms with E-state index in [4.69, 9.17) is 4.74 Å². The topological polar surface area (TPSA) is 69.2 Å². The molecule has 1 amide bonds. The summed E-state index contributed by atoms with van der Waals surface area (Å²) in [5.41, 5.74) is 1.19. The highest BCUT2D eigenvalue weighted by atomic mass is 127. The van der Waals surface area contributed by atoms with Crippen molar-refractivity contribution in [3.05, 3.63) is 46.7 Å². The molecule has 0 spiro atoms. The van der Waals surface area contributed by atoms with Gasteiger partial charge in [0.2, 0.25) is 0 Å². The van der Waals surface area contributed by atoms with E-state index in [-0.39, 0.29) is 29.9 Å². The van der Waals surface area contributed by atoms with Crippen molar-refractivity contribution in [2.75, 3.05) is 58.3 Å². The Morgan fingerprint density at radius 3 is 2.57 bits per heavy atom. The van der Waals surface area contributed by atoms with Crippen LogP contribution in [-0.4, -0.2) is 70.2 Å². The minimum Gasteiger partial charge on any atom is -0.497 e. The van der Waals surface area contributed by atoms with Crippen molar-refractivity contribution in [3.63, 3.8) is 0 Å². The molecule has 0 saturated carbocycles. The summed E-state index contributed by atoms with van der Waals surface area (Å²) in [5.74, 6) is 1.80. The SMILES string of the molecule is CN=C(NCCCNC(=O)c1cccs1)N1CCN(c2cccc(OC)c2)CC1.I. The first-order valence-electron chi connectivity index (χ1n) is 9.87. The molecule has 1 aromatic carbocycles. The van der Waals surface area contributed by atoms with Gasteiger partial charge in [0.25, 0.3) is 5.91 Å². The lowest BCUT2D eigenvalue weighted by molar-refractivity contribution is 0.0957. The molecule has 0 aliphatic carbocycles. The highest BCUT2D eigenvalue weighted by molar-refractivity contribution is 14.0. The molecule has 0 atom stereocenters. The van der Waals surface area contributed by atoms with Crippen LogP contribution in [0.2, 0.25) is 0 Å². The van der Waals surface area contributed by atoms with Gasteiger partial charge in [0.05, 0.1) is 12.0 Å². The van der Waals surface area contributed by atoms with Gasteiger partial charge < -0.3 is 25.2 Å². The molecule has 2 N–H and O–H groups in total. The summed E-state index contributed by atoms with van der Waals surface area (Å²) >= 11 is 1.46. The molecule has 1 saturated heterocycles. The summed E-state index contributed by atoms with van der Waals surface area (Å²) in [5, 5.41) is 8.27. The number of piperazine rings is 1. The fraction of sp³-hybridized carbons (Fsp3) is 0.429. The van der Waals surface area contributed by atoms with Crippen LogP contribution in [0.15, 0.2) is 46.8 Å². The average molecular weight is 543 g/mol. The summed E-state index contributed by atoms with van der Waals surface area (Å²) in [6.07, 6.45) is 0.847. The number of guanidine groups is 1. The Bertz CT molecular complexity index is 807. The van der Waals surface area contributed by atoms with E-state index in [0.717, 1.165) is 55.7 Å². The lowest BCUT2D eigenvalue weighted by Crippen LogP contribution is -2.52. The van der Waals surface area contributed by atoms with E-state index < -0.39 is 0 Å². The standard InChI is InChI=1S/C21H29N5O2S.HI/c1-22-21(24-10-5-9-23-20(27)19-8-4-15-29-19)26-13-11-25(12-14-26)17-6-3-7-18(16-17)28-2;/h3-4,6-8,15-16H,5,9-14H2,1-2H3,(H,22,24)(H,23,27);1H. The quantitative estimate of drug-likeness (QED) is 0.243. The van der Waals surface area contributed by atoms with Gasteiger partial charge in [0.15, 0.2) is 5.96 Å². The lowest BCUT2D eigenvalue weighted by Gasteiger charge is -2.37. The number of hydrogen-bond donors (Lipinski definition) is 2. The Balaban J connectivity index is 0.00000320. The number of halogens is 1. The van der Waals surface area contributed by atoms with Crippen molar-refractivity contribution in [2.24, 2.45) is 4.99 Å². The van der Waals surface area contributed by atoms with Gasteiger partial charge in [-0.3, -0.25) is 9.79 Å². The van der Waals surface area contributed by atoms with Crippen molar-refractivity contribution in [2.45, 2.75) is 6.42 Å². The van der Waals surface area contributed by atoms with Gasteiger partial charge in [0, 0.05) is 58.1 Å². The fourth-order valence-corrected chi connectivity index (χ4v) is 3.94. The molecule has 1 aromatic heterocycles. The molecule has 9 heteroatoms. The van der Waals surface area contributed by atoms with E-state index in [9.17, 15) is 4.79 Å². The van der Waals surface area contributed by atoms with Gasteiger partial charge in [-0.2, -0.15) is 0 Å². The molecule has 2 heterocycles. The normalized spacial score (nSPS) is 14.1. The number of hydrogen-bond acceptors (Lipinski definition) is 5. The predicted molar refractivity (Wildman–Crippen MR) is 135 cm³/mol. The average Bonchev–Trinajstić information content (AvgIpc) is 3.31. The molecule has 0 bridgehead atoms. The number of amides is 1. The predicted octanol–water partition coefficient (Wildman–Crippen LogP) is 2.89. The molecular formula is C21H30IN5O2S. The zero-order valence-electron chi connectivity index (χ0n) is 17.5. The molecule has 30 heavy (non-hydrogen) atoms. The smallest absolute Gasteiger partial charge is 0.261 e. The summed E-state index contributed by atoms with van der Waals surface area (Å²) in [6.45, 7) is 5.10. The highest BCUT2D eigenvalue weighted by Crippen LogP contribution is 2.22. The van der Waals surface area contributed by atoms with Gasteiger partial charge >= 0.3 is 0 Å². The molecule has 1 fully saturated rings. The third-order valence-corrected chi connectivity index (χ3v) is 5.75. The maximum atomic E-state index is 11.9. The minimum absolute atomic E-state index is 0. The second kappa shape index (κ2) is 12.6. The number of carbonyl (C=O) groups is 1. The molecule has 0 radical (unpaired) electrons. The van der Waals surface area contributed by atoms with Crippen molar-refractivity contribution in [1.82, 2.24) is 15.5 Å². The molecular weight excluding hydrogens is 513 g/mol. The highest BCUT2D eigenvalue weighted by Gasteiger charge is 2.20. The number of anilines is 1. The summed E-state index contributed by atoms with van der Waals surface area (Å²) < 4.78 is 5.33. The van der Waals surface area contributed by atoms with E-state index in [1.807, 2.05) is 36.7 Å². The van der Waals surface area contributed by atoms with Crippen LogP contribution in [0.5, 0.6) is 5.75 Å². The Morgan fingerprint density at radius 1 is 1.13 bits per heavy atom. The van der Waals surface area contributed by atoms with Gasteiger partial charge in [0.1, 0.15) is 5.75 Å². The molecule has 1 aliphatic heterocycles. The number of thiophene rings is 1. The Kier molecular flexibility index (Phi) is 10.2. The number of carbonyl (C=O) groups excluding carboxylic acids is 1. The van der Waals surface area contributed by atoms with E-state index >= 15 is 0 Å². The van der Waals surface area contributed by atoms with Crippen molar-refractivity contribution < 1.29 is 9.53 Å². The number of aliphatic imine (C=N–C) groups is 1. The maximum absolute atomic E-state index is 11.9. The van der Waals surface area contributed by atoms with Crippen LogP contribution in [0, 0.1) is 0 Å². The number of rotatable bonds is 7. The summed E-state index contributed by atoms with van der Waals surface area (Å²) in [7, 11) is 3.51. The van der Waals surface area contributed by atoms with Crippen LogP contribution < -0.4 is 20.3 Å². The number of nitrogens with one attached hydrogen (secondary N) is 2. The number of benzene rings is 1. The Morgan fingerprint density at radius 2 is 1.90 bits per heavy atom. The van der Waals surface area contributed by atoms with Gasteiger partial charge in [-0.15, -0.1) is 35.3 Å². The van der Waals surface area contributed by atoms with Crippen LogP contribution in [0.1, 0.15) is 16.1 Å². The van der Waals surface area contributed by atoms with Gasteiger partial charge in [-0.1, -0.05) is 12.1 Å². The Hall–Kier alpha value is -2.01. The lowest BCUT2D eigenvalue weighted by atomic mass is 10.2. The first kappa shape index (κ1) is 24.3. The fourth-order valence-electron chi connectivity index (χ4n) is 3.30. The minimum atomic E-state index is -0.00181. The summed E-state index contributed by atoms with van der Waals surface area (Å²) in [4.78, 5) is 21.7. The van der Waals surface area contributed by atoms with Gasteiger partial charge in [-0.25, -0.2) is 0 Å². The molecule has 3 rings (SSSR count). The Labute approximate surface area is 199 Å². The monoisotopic (exact) mass is 543 g/mol. The van der Waals surface area contributed by atoms with E-state index in [1.165, 1.54) is 17.0 Å². The van der Waals surface area contributed by atoms with Gasteiger partial charge in [-0.05, 0) is 30.0 Å². The van der Waals surface area contributed by atoms with Crippen molar-refractivity contribution in [3.8, 4) is 5.75 Å². The van der Waals surface area contributed by atoms with Crippen molar-refractivity contribution in [1.29, 1.82) is 0 Å². The van der Waals surface area contributed by atoms with Crippen LogP contribution in [0.3, 0.4) is 0 Å². The first-order valence-corrected chi connectivity index (χ1v) is 10.8. The summed E-state index contributed by atoms with van der Waals surface area (Å²) in [6, 6.07) is 11.9. The van der Waals surface area contributed by atoms with E-state index in [0.29, 0.717) is 6.54 Å². The van der Waals surface area contributed by atoms with Crippen LogP contribution >= 0.6 is 35.3 Å². The molecule has 2 aromatic rings. The van der Waals surface area contributed by atoms with Crippen LogP contribution in [0.4, 0.5) is 5.69 Å². The third-order valence-electron chi connectivity index (χ3n) is 4.88. The molecule has 0 unspecified atom stereocenters. The second-order valence-electron chi connectivity index (χ2n) is 6.74. The zero-order valence-corrected chi connectivity index (χ0v) is 20.6. The molecule has 7 nitrogen and oxygen atoms in total. The van der Waals surface area contributed by atoms with E-state index in [1.54, 1.807) is 7.11 Å². The number of methoxy groups -OCH3 is 1. The molecule has 164 valence electrons. The van der Waals surface area contributed by atoms with Crippen LogP contribution in [0.25, 0.3) is 0 Å². The number of ether oxygens (including phenoxy) is 1. The second-order valence-corrected chi connectivity index (χ2v) is 7.68. The number of nitrogens with zero attached hydrogens (tertiary/aromatic N) is 3. The zero-order chi connectivity index (χ0) is 20.5. The van der Waals surface area contributed by atoms with Crippen LogP contribution in [-0.2, 0) is 0 Å².